The predicted molar refractivity (Wildman–Crippen MR) is 80.9 cm³/mol. The highest BCUT2D eigenvalue weighted by molar-refractivity contribution is 7.20. The molecule has 0 fully saturated rings. The number of halogens is 2. The summed E-state index contributed by atoms with van der Waals surface area (Å²) >= 11 is 13.2. The highest BCUT2D eigenvalue weighted by Gasteiger charge is 2.21. The zero-order valence-electron chi connectivity index (χ0n) is 10.3. The first kappa shape index (κ1) is 13.9. The topological polar surface area (TPSA) is 49.3 Å². The van der Waals surface area contributed by atoms with Gasteiger partial charge in [-0.05, 0) is 29.7 Å². The lowest BCUT2D eigenvalue weighted by molar-refractivity contribution is 0.0945. The molecule has 2 heterocycles. The van der Waals surface area contributed by atoms with E-state index in [1.165, 1.54) is 11.3 Å². The first-order valence-corrected chi connectivity index (χ1v) is 7.67. The number of nitrogens with one attached hydrogen (secondary N) is 1. The van der Waals surface area contributed by atoms with Gasteiger partial charge in [0, 0.05) is 17.7 Å². The summed E-state index contributed by atoms with van der Waals surface area (Å²) in [6.07, 6.45) is -0.0751. The number of rotatable bonds is 2. The molecule has 0 saturated heterocycles. The van der Waals surface area contributed by atoms with Crippen molar-refractivity contribution >= 4 is 40.4 Å². The molecule has 20 heavy (non-hydrogen) atoms. The van der Waals surface area contributed by atoms with E-state index in [0.29, 0.717) is 31.9 Å². The molecule has 1 atom stereocenters. The van der Waals surface area contributed by atoms with Crippen LogP contribution in [0.5, 0.6) is 0 Å². The van der Waals surface area contributed by atoms with Crippen LogP contribution in [-0.4, -0.2) is 17.6 Å². The maximum absolute atomic E-state index is 11.8. The summed E-state index contributed by atoms with van der Waals surface area (Å²) in [7, 11) is 0. The first-order valence-electron chi connectivity index (χ1n) is 6.10. The Hall–Kier alpha value is -1.07. The van der Waals surface area contributed by atoms with E-state index in [4.69, 9.17) is 23.2 Å². The summed E-state index contributed by atoms with van der Waals surface area (Å²) in [5.41, 5.74) is 2.82. The second-order valence-corrected chi connectivity index (χ2v) is 6.89. The van der Waals surface area contributed by atoms with Crippen molar-refractivity contribution in [3.05, 3.63) is 55.2 Å². The molecule has 0 radical (unpaired) electrons. The molecule has 1 aliphatic rings. The third-order valence-corrected chi connectivity index (χ3v) is 4.87. The van der Waals surface area contributed by atoms with Gasteiger partial charge in [0.25, 0.3) is 5.91 Å². The van der Waals surface area contributed by atoms with Crippen LogP contribution in [0.1, 0.15) is 33.2 Å². The largest absolute Gasteiger partial charge is 0.384 e. The van der Waals surface area contributed by atoms with Crippen molar-refractivity contribution in [3.8, 4) is 0 Å². The highest BCUT2D eigenvalue weighted by atomic mass is 35.5. The molecule has 1 unspecified atom stereocenters. The Morgan fingerprint density at radius 1 is 1.30 bits per heavy atom. The van der Waals surface area contributed by atoms with Crippen LogP contribution >= 0.6 is 34.5 Å². The fraction of sp³-hybridized carbons (Fsp3) is 0.214. The van der Waals surface area contributed by atoms with Gasteiger partial charge >= 0.3 is 0 Å². The van der Waals surface area contributed by atoms with Gasteiger partial charge in [0.1, 0.15) is 10.4 Å². The van der Waals surface area contributed by atoms with E-state index >= 15 is 0 Å². The van der Waals surface area contributed by atoms with Crippen molar-refractivity contribution in [2.75, 3.05) is 6.54 Å². The van der Waals surface area contributed by atoms with Gasteiger partial charge in [-0.15, -0.1) is 11.3 Å². The van der Waals surface area contributed by atoms with Crippen molar-refractivity contribution in [2.24, 2.45) is 0 Å². The minimum Gasteiger partial charge on any atom is -0.384 e. The number of amides is 1. The van der Waals surface area contributed by atoms with Gasteiger partial charge in [0.05, 0.1) is 4.34 Å². The predicted octanol–water partition coefficient (Wildman–Crippen LogP) is 3.42. The van der Waals surface area contributed by atoms with Crippen LogP contribution in [0.4, 0.5) is 0 Å². The minimum absolute atomic E-state index is 0.102. The fourth-order valence-electron chi connectivity index (χ4n) is 2.32. The number of fused-ring (bicyclic) bond motifs is 1. The molecular weight excluding hydrogens is 317 g/mol. The standard InChI is InChI=1S/C14H11Cl2NO2S/c15-11-6-10(13(16)20-11)12(18)8-2-1-7-3-4-17-14(19)9(7)5-8/h1-2,5-6,12,18H,3-4H2,(H,17,19). The van der Waals surface area contributed by atoms with E-state index < -0.39 is 6.10 Å². The highest BCUT2D eigenvalue weighted by Crippen LogP contribution is 2.37. The zero-order valence-corrected chi connectivity index (χ0v) is 12.6. The summed E-state index contributed by atoms with van der Waals surface area (Å²) in [6.45, 7) is 0.652. The second kappa shape index (κ2) is 5.37. The van der Waals surface area contributed by atoms with Crippen molar-refractivity contribution in [1.29, 1.82) is 0 Å². The second-order valence-electron chi connectivity index (χ2n) is 4.60. The van der Waals surface area contributed by atoms with Crippen LogP contribution in [-0.2, 0) is 6.42 Å². The van der Waals surface area contributed by atoms with Crippen LogP contribution < -0.4 is 5.32 Å². The van der Waals surface area contributed by atoms with Crippen LogP contribution in [0.3, 0.4) is 0 Å². The van der Waals surface area contributed by atoms with Gasteiger partial charge in [-0.2, -0.15) is 0 Å². The quantitative estimate of drug-likeness (QED) is 0.887. The van der Waals surface area contributed by atoms with Crippen molar-refractivity contribution < 1.29 is 9.90 Å². The minimum atomic E-state index is -0.883. The molecule has 3 rings (SSSR count). The number of hydrogen-bond donors (Lipinski definition) is 2. The Labute approximate surface area is 130 Å². The van der Waals surface area contributed by atoms with Gasteiger partial charge in [-0.1, -0.05) is 35.3 Å². The number of carbonyl (C=O) groups excluding carboxylic acids is 1. The van der Waals surface area contributed by atoms with E-state index in [2.05, 4.69) is 5.32 Å². The Morgan fingerprint density at radius 2 is 2.10 bits per heavy atom. The fourth-order valence-corrected chi connectivity index (χ4v) is 3.84. The molecule has 0 bridgehead atoms. The van der Waals surface area contributed by atoms with Crippen molar-refractivity contribution in [2.45, 2.75) is 12.5 Å². The number of aliphatic hydroxyl groups excluding tert-OH is 1. The third kappa shape index (κ3) is 2.44. The summed E-state index contributed by atoms with van der Waals surface area (Å²) in [5.74, 6) is -0.102. The van der Waals surface area contributed by atoms with Gasteiger partial charge in [-0.25, -0.2) is 0 Å². The lowest BCUT2D eigenvalue weighted by Gasteiger charge is -2.19. The normalized spacial score (nSPS) is 15.7. The van der Waals surface area contributed by atoms with Crippen LogP contribution in [0.25, 0.3) is 0 Å². The average molecular weight is 328 g/mol. The van der Waals surface area contributed by atoms with Gasteiger partial charge in [0.15, 0.2) is 0 Å². The van der Waals surface area contributed by atoms with E-state index in [1.54, 1.807) is 12.1 Å². The Morgan fingerprint density at radius 3 is 2.80 bits per heavy atom. The smallest absolute Gasteiger partial charge is 0.251 e. The Balaban J connectivity index is 2.00. The van der Waals surface area contributed by atoms with E-state index in [0.717, 1.165) is 12.0 Å². The van der Waals surface area contributed by atoms with Gasteiger partial charge < -0.3 is 10.4 Å². The molecule has 1 aliphatic heterocycles. The Bertz CT molecular complexity index is 684. The van der Waals surface area contributed by atoms with Crippen LogP contribution in [0.2, 0.25) is 8.67 Å². The molecule has 0 aliphatic carbocycles. The molecule has 2 aromatic rings. The Kier molecular flexibility index (Phi) is 3.73. The molecule has 104 valence electrons. The lowest BCUT2D eigenvalue weighted by atomic mass is 9.94. The molecule has 1 aromatic heterocycles. The molecule has 0 spiro atoms. The van der Waals surface area contributed by atoms with E-state index in [1.807, 2.05) is 12.1 Å². The van der Waals surface area contributed by atoms with Crippen LogP contribution in [0.15, 0.2) is 24.3 Å². The molecule has 0 saturated carbocycles. The van der Waals surface area contributed by atoms with Crippen molar-refractivity contribution in [1.82, 2.24) is 5.32 Å². The first-order chi connectivity index (χ1) is 9.56. The molecule has 1 amide bonds. The summed E-state index contributed by atoms with van der Waals surface area (Å²) in [4.78, 5) is 11.8. The van der Waals surface area contributed by atoms with Crippen LogP contribution in [0, 0.1) is 0 Å². The van der Waals surface area contributed by atoms with Crippen molar-refractivity contribution in [3.63, 3.8) is 0 Å². The lowest BCUT2D eigenvalue weighted by Crippen LogP contribution is -2.31. The van der Waals surface area contributed by atoms with Gasteiger partial charge in [-0.3, -0.25) is 4.79 Å². The summed E-state index contributed by atoms with van der Waals surface area (Å²) in [5, 5.41) is 13.2. The number of aliphatic hydroxyl groups is 1. The van der Waals surface area contributed by atoms with E-state index in [-0.39, 0.29) is 5.91 Å². The maximum atomic E-state index is 11.8. The number of hydrogen-bond acceptors (Lipinski definition) is 3. The molecule has 6 heteroatoms. The third-order valence-electron chi connectivity index (χ3n) is 3.35. The van der Waals surface area contributed by atoms with Gasteiger partial charge in [0.2, 0.25) is 0 Å². The SMILES string of the molecule is O=C1NCCc2ccc(C(O)c3cc(Cl)sc3Cl)cc21. The maximum Gasteiger partial charge on any atom is 0.251 e. The number of thiophene rings is 1. The molecular formula is C14H11Cl2NO2S. The molecule has 3 nitrogen and oxygen atoms in total. The summed E-state index contributed by atoms with van der Waals surface area (Å²) in [6, 6.07) is 7.08. The monoisotopic (exact) mass is 327 g/mol. The molecule has 1 aromatic carbocycles. The number of benzene rings is 1. The number of carbonyl (C=O) groups is 1. The van der Waals surface area contributed by atoms with E-state index in [9.17, 15) is 9.90 Å². The summed E-state index contributed by atoms with van der Waals surface area (Å²) < 4.78 is 0.990. The molecule has 2 N–H and O–H groups in total. The average Bonchev–Trinajstić information content (AvgIpc) is 2.77. The zero-order chi connectivity index (χ0) is 14.3.